The van der Waals surface area contributed by atoms with E-state index in [-0.39, 0.29) is 29.6 Å². The maximum absolute atomic E-state index is 12.9. The minimum Gasteiger partial charge on any atom is -0.478 e. The smallest absolute Gasteiger partial charge is 0.337 e. The maximum Gasteiger partial charge on any atom is 0.337 e. The number of hydrogen-bond acceptors (Lipinski definition) is 3. The van der Waals surface area contributed by atoms with Crippen LogP contribution in [-0.4, -0.2) is 23.0 Å². The number of aromatic carboxylic acids is 1. The zero-order valence-corrected chi connectivity index (χ0v) is 10.6. The van der Waals surface area contributed by atoms with E-state index >= 15 is 0 Å². The van der Waals surface area contributed by atoms with Crippen LogP contribution in [0.5, 0.6) is 0 Å². The molecular weight excluding hydrogens is 251 g/mol. The summed E-state index contributed by atoms with van der Waals surface area (Å²) in [5, 5.41) is 11.4. The number of halogens is 1. The molecule has 0 aliphatic rings. The van der Waals surface area contributed by atoms with Crippen LogP contribution in [0, 0.1) is 5.82 Å². The first-order valence-electron chi connectivity index (χ1n) is 5.98. The number of nitrogens with two attached hydrogens (primary N) is 1. The summed E-state index contributed by atoms with van der Waals surface area (Å²) in [5.74, 6) is -2.26. The highest BCUT2D eigenvalue weighted by Gasteiger charge is 2.13. The van der Waals surface area contributed by atoms with Crippen LogP contribution in [-0.2, 0) is 4.79 Å². The molecular formula is C13H17FN2O3. The number of carbonyl (C=O) groups is 2. The fourth-order valence-electron chi connectivity index (χ4n) is 1.60. The second-order valence-corrected chi connectivity index (χ2v) is 4.41. The number of carboxylic acids is 1. The van der Waals surface area contributed by atoms with Gasteiger partial charge in [0.15, 0.2) is 0 Å². The van der Waals surface area contributed by atoms with Gasteiger partial charge in [0, 0.05) is 12.5 Å². The number of benzene rings is 1. The minimum absolute atomic E-state index is 0.0215. The van der Waals surface area contributed by atoms with E-state index in [1.54, 1.807) is 0 Å². The molecule has 5 nitrogen and oxygen atoms in total. The Labute approximate surface area is 110 Å². The highest BCUT2D eigenvalue weighted by Crippen LogP contribution is 2.17. The maximum atomic E-state index is 12.9. The molecule has 0 saturated heterocycles. The van der Waals surface area contributed by atoms with Crippen LogP contribution >= 0.6 is 0 Å². The largest absolute Gasteiger partial charge is 0.478 e. The fraction of sp³-hybridized carbons (Fsp3) is 0.385. The van der Waals surface area contributed by atoms with Gasteiger partial charge in [-0.1, -0.05) is 0 Å². The van der Waals surface area contributed by atoms with Gasteiger partial charge in [0.1, 0.15) is 5.82 Å². The summed E-state index contributed by atoms with van der Waals surface area (Å²) >= 11 is 0. The van der Waals surface area contributed by atoms with Gasteiger partial charge in [0.2, 0.25) is 5.91 Å². The lowest BCUT2D eigenvalue weighted by molar-refractivity contribution is -0.116. The summed E-state index contributed by atoms with van der Waals surface area (Å²) in [5.41, 5.74) is 5.39. The Kier molecular flexibility index (Phi) is 5.44. The molecule has 19 heavy (non-hydrogen) atoms. The van der Waals surface area contributed by atoms with Crippen LogP contribution in [0.2, 0.25) is 0 Å². The second kappa shape index (κ2) is 6.84. The van der Waals surface area contributed by atoms with E-state index in [0.717, 1.165) is 12.1 Å². The van der Waals surface area contributed by atoms with E-state index in [9.17, 15) is 14.0 Å². The SMILES string of the molecule is CC(N)CCCC(=O)Nc1ccc(F)cc1C(=O)O. The van der Waals surface area contributed by atoms with Gasteiger partial charge in [-0.2, -0.15) is 0 Å². The van der Waals surface area contributed by atoms with Crippen LogP contribution in [0.15, 0.2) is 18.2 Å². The molecule has 1 amide bonds. The molecule has 0 aliphatic carbocycles. The molecule has 0 bridgehead atoms. The molecule has 1 aromatic rings. The third kappa shape index (κ3) is 5.05. The van der Waals surface area contributed by atoms with Crippen LogP contribution in [0.1, 0.15) is 36.5 Å². The Morgan fingerprint density at radius 3 is 2.74 bits per heavy atom. The number of carbonyl (C=O) groups excluding carboxylic acids is 1. The number of anilines is 1. The van der Waals surface area contributed by atoms with Crippen LogP contribution in [0.25, 0.3) is 0 Å². The molecule has 0 aromatic heterocycles. The summed E-state index contributed by atoms with van der Waals surface area (Å²) in [6.07, 6.45) is 1.58. The zero-order chi connectivity index (χ0) is 14.4. The predicted octanol–water partition coefficient (Wildman–Crippen LogP) is 1.98. The molecule has 1 atom stereocenters. The zero-order valence-electron chi connectivity index (χ0n) is 10.6. The second-order valence-electron chi connectivity index (χ2n) is 4.41. The van der Waals surface area contributed by atoms with E-state index in [0.29, 0.717) is 12.8 Å². The number of amides is 1. The van der Waals surface area contributed by atoms with Gasteiger partial charge in [0.25, 0.3) is 0 Å². The van der Waals surface area contributed by atoms with Crippen molar-refractivity contribution in [2.45, 2.75) is 32.2 Å². The highest BCUT2D eigenvalue weighted by molar-refractivity contribution is 6.00. The third-order valence-electron chi connectivity index (χ3n) is 2.55. The van der Waals surface area contributed by atoms with Crippen molar-refractivity contribution in [3.63, 3.8) is 0 Å². The van der Waals surface area contributed by atoms with Crippen molar-refractivity contribution in [3.05, 3.63) is 29.6 Å². The lowest BCUT2D eigenvalue weighted by atomic mass is 10.1. The summed E-state index contributed by atoms with van der Waals surface area (Å²) in [6.45, 7) is 1.85. The number of rotatable bonds is 6. The molecule has 4 N–H and O–H groups in total. The Morgan fingerprint density at radius 2 is 2.16 bits per heavy atom. The van der Waals surface area contributed by atoms with Gasteiger partial charge in [-0.25, -0.2) is 9.18 Å². The molecule has 0 saturated carbocycles. The Bertz CT molecular complexity index is 475. The molecule has 6 heteroatoms. The fourth-order valence-corrected chi connectivity index (χ4v) is 1.60. The summed E-state index contributed by atoms with van der Waals surface area (Å²) in [6, 6.07) is 3.24. The Hall–Kier alpha value is -1.95. The van der Waals surface area contributed by atoms with Gasteiger partial charge in [-0.15, -0.1) is 0 Å². The molecule has 0 radical (unpaired) electrons. The van der Waals surface area contributed by atoms with Crippen molar-refractivity contribution in [1.29, 1.82) is 0 Å². The molecule has 1 aromatic carbocycles. The topological polar surface area (TPSA) is 92.4 Å². The average molecular weight is 268 g/mol. The van der Waals surface area contributed by atoms with E-state index in [1.165, 1.54) is 6.07 Å². The van der Waals surface area contributed by atoms with E-state index in [1.807, 2.05) is 6.92 Å². The first kappa shape index (κ1) is 15.1. The monoisotopic (exact) mass is 268 g/mol. The van der Waals surface area contributed by atoms with Crippen molar-refractivity contribution in [1.82, 2.24) is 0 Å². The standard InChI is InChI=1S/C13H17FN2O3/c1-8(15)3-2-4-12(17)16-11-6-5-9(14)7-10(11)13(18)19/h5-8H,2-4,15H2,1H3,(H,16,17)(H,18,19). The number of carboxylic acid groups (broad SMARTS) is 1. The molecule has 0 aliphatic heterocycles. The first-order chi connectivity index (χ1) is 8.90. The molecule has 1 unspecified atom stereocenters. The van der Waals surface area contributed by atoms with Crippen LogP contribution in [0.3, 0.4) is 0 Å². The predicted molar refractivity (Wildman–Crippen MR) is 69.5 cm³/mol. The van der Waals surface area contributed by atoms with Gasteiger partial charge in [-0.3, -0.25) is 4.79 Å². The van der Waals surface area contributed by atoms with E-state index in [4.69, 9.17) is 10.8 Å². The van der Waals surface area contributed by atoms with Crippen molar-refractivity contribution >= 4 is 17.6 Å². The quantitative estimate of drug-likeness (QED) is 0.735. The summed E-state index contributed by atoms with van der Waals surface area (Å²) in [4.78, 5) is 22.5. The molecule has 0 fully saturated rings. The summed E-state index contributed by atoms with van der Waals surface area (Å²) in [7, 11) is 0. The molecule has 104 valence electrons. The average Bonchev–Trinajstić information content (AvgIpc) is 2.30. The van der Waals surface area contributed by atoms with Gasteiger partial charge < -0.3 is 16.2 Å². The van der Waals surface area contributed by atoms with E-state index < -0.39 is 11.8 Å². The number of hydrogen-bond donors (Lipinski definition) is 3. The van der Waals surface area contributed by atoms with Gasteiger partial charge >= 0.3 is 5.97 Å². The van der Waals surface area contributed by atoms with Crippen molar-refractivity contribution in [2.24, 2.45) is 5.73 Å². The van der Waals surface area contributed by atoms with Crippen molar-refractivity contribution in [2.75, 3.05) is 5.32 Å². The highest BCUT2D eigenvalue weighted by atomic mass is 19.1. The van der Waals surface area contributed by atoms with Crippen LogP contribution < -0.4 is 11.1 Å². The van der Waals surface area contributed by atoms with Crippen LogP contribution in [0.4, 0.5) is 10.1 Å². The Morgan fingerprint density at radius 1 is 1.47 bits per heavy atom. The molecule has 0 heterocycles. The molecule has 1 rings (SSSR count). The van der Waals surface area contributed by atoms with Crippen molar-refractivity contribution in [3.8, 4) is 0 Å². The Balaban J connectivity index is 2.66. The lowest BCUT2D eigenvalue weighted by Crippen LogP contribution is -2.17. The van der Waals surface area contributed by atoms with Gasteiger partial charge in [0.05, 0.1) is 11.3 Å². The van der Waals surface area contributed by atoms with Crippen molar-refractivity contribution < 1.29 is 19.1 Å². The normalized spacial score (nSPS) is 11.9. The van der Waals surface area contributed by atoms with E-state index in [2.05, 4.69) is 5.32 Å². The first-order valence-corrected chi connectivity index (χ1v) is 5.98. The van der Waals surface area contributed by atoms with Gasteiger partial charge in [-0.05, 0) is 38.0 Å². The number of nitrogens with one attached hydrogen (secondary N) is 1. The summed E-state index contributed by atoms with van der Waals surface area (Å²) < 4.78 is 12.9. The lowest BCUT2D eigenvalue weighted by Gasteiger charge is -2.09. The molecule has 0 spiro atoms. The minimum atomic E-state index is -1.29. The third-order valence-corrected chi connectivity index (χ3v) is 2.55.